The molecule has 0 saturated carbocycles. The Labute approximate surface area is 98.2 Å². The number of pyridine rings is 1. The van der Waals surface area contributed by atoms with Gasteiger partial charge in [0.1, 0.15) is 4.60 Å². The summed E-state index contributed by atoms with van der Waals surface area (Å²) in [5, 5.41) is 0. The van der Waals surface area contributed by atoms with Crippen molar-refractivity contribution in [3.63, 3.8) is 0 Å². The first kappa shape index (κ1) is 12.2. The molecule has 1 heterocycles. The molecule has 2 N–H and O–H groups in total. The van der Waals surface area contributed by atoms with Gasteiger partial charge >= 0.3 is 0 Å². The third-order valence-corrected chi connectivity index (χ3v) is 2.81. The van der Waals surface area contributed by atoms with Crippen molar-refractivity contribution in [3.8, 4) is 0 Å². The molecule has 0 unspecified atom stereocenters. The van der Waals surface area contributed by atoms with Crippen LogP contribution in [0.3, 0.4) is 0 Å². The molecule has 0 aromatic carbocycles. The van der Waals surface area contributed by atoms with Gasteiger partial charge in [0, 0.05) is 5.69 Å². The zero-order chi connectivity index (χ0) is 11.3. The van der Waals surface area contributed by atoms with Gasteiger partial charge in [0.2, 0.25) is 0 Å². The summed E-state index contributed by atoms with van der Waals surface area (Å²) in [6, 6.07) is 3.58. The average molecular weight is 271 g/mol. The number of amides is 1. The molecular weight excluding hydrogens is 256 g/mol. The number of halogens is 1. The lowest BCUT2D eigenvalue weighted by molar-refractivity contribution is 0.0999. The highest BCUT2D eigenvalue weighted by Crippen LogP contribution is 2.15. The first-order chi connectivity index (χ1) is 7.15. The van der Waals surface area contributed by atoms with E-state index in [4.69, 9.17) is 5.73 Å². The van der Waals surface area contributed by atoms with E-state index in [9.17, 15) is 4.79 Å². The number of hydrogen-bond acceptors (Lipinski definition) is 2. The van der Waals surface area contributed by atoms with E-state index in [0.29, 0.717) is 10.2 Å². The predicted octanol–water partition coefficient (Wildman–Crippen LogP) is 2.68. The van der Waals surface area contributed by atoms with Gasteiger partial charge in [0.05, 0.1) is 5.56 Å². The Bertz CT molecular complexity index is 352. The summed E-state index contributed by atoms with van der Waals surface area (Å²) in [5.74, 6) is -0.450. The molecule has 0 saturated heterocycles. The maximum Gasteiger partial charge on any atom is 0.251 e. The summed E-state index contributed by atoms with van der Waals surface area (Å²) in [5.41, 5.74) is 6.62. The molecule has 0 aliphatic rings. The van der Waals surface area contributed by atoms with E-state index in [1.807, 2.05) is 6.07 Å². The van der Waals surface area contributed by atoms with Crippen LogP contribution in [0.2, 0.25) is 0 Å². The van der Waals surface area contributed by atoms with E-state index >= 15 is 0 Å². The second kappa shape index (κ2) is 5.85. The monoisotopic (exact) mass is 270 g/mol. The van der Waals surface area contributed by atoms with E-state index in [0.717, 1.165) is 18.5 Å². The molecule has 1 amide bonds. The summed E-state index contributed by atoms with van der Waals surface area (Å²) < 4.78 is 0.545. The van der Waals surface area contributed by atoms with E-state index in [1.165, 1.54) is 12.8 Å². The Morgan fingerprint density at radius 3 is 2.73 bits per heavy atom. The van der Waals surface area contributed by atoms with Crippen molar-refractivity contribution in [3.05, 3.63) is 28.0 Å². The fourth-order valence-electron chi connectivity index (χ4n) is 1.35. The first-order valence-corrected chi connectivity index (χ1v) is 5.89. The van der Waals surface area contributed by atoms with Crippen molar-refractivity contribution in [1.82, 2.24) is 4.98 Å². The summed E-state index contributed by atoms with van der Waals surface area (Å²) in [6.45, 7) is 2.17. The summed E-state index contributed by atoms with van der Waals surface area (Å²) in [7, 11) is 0. The summed E-state index contributed by atoms with van der Waals surface area (Å²) in [4.78, 5) is 15.2. The molecule has 0 atom stereocenters. The van der Waals surface area contributed by atoms with Crippen LogP contribution in [0.1, 0.15) is 42.2 Å². The second-order valence-electron chi connectivity index (χ2n) is 3.46. The Morgan fingerprint density at radius 2 is 2.20 bits per heavy atom. The van der Waals surface area contributed by atoms with Gasteiger partial charge < -0.3 is 5.73 Å². The standard InChI is InChI=1S/C11H15BrN2O/c1-2-3-4-5-8-6-7-9(11(13)15)10(12)14-8/h6-7H,2-5H2,1H3,(H2,13,15). The number of nitrogens with two attached hydrogens (primary N) is 1. The first-order valence-electron chi connectivity index (χ1n) is 5.10. The fourth-order valence-corrected chi connectivity index (χ4v) is 1.91. The van der Waals surface area contributed by atoms with Crippen molar-refractivity contribution in [2.75, 3.05) is 0 Å². The molecule has 0 bridgehead atoms. The third-order valence-electron chi connectivity index (χ3n) is 2.21. The van der Waals surface area contributed by atoms with Crippen LogP contribution in [-0.2, 0) is 6.42 Å². The van der Waals surface area contributed by atoms with Gasteiger partial charge in [-0.1, -0.05) is 19.8 Å². The average Bonchev–Trinajstić information content (AvgIpc) is 2.17. The molecule has 4 heteroatoms. The molecule has 0 aliphatic carbocycles. The summed E-state index contributed by atoms with van der Waals surface area (Å²) >= 11 is 3.24. The Hall–Kier alpha value is -0.900. The van der Waals surface area contributed by atoms with Crippen LogP contribution in [0.4, 0.5) is 0 Å². The normalized spacial score (nSPS) is 10.3. The van der Waals surface area contributed by atoms with Gasteiger partial charge in [-0.25, -0.2) is 4.98 Å². The molecule has 15 heavy (non-hydrogen) atoms. The Kier molecular flexibility index (Phi) is 4.75. The van der Waals surface area contributed by atoms with Crippen LogP contribution < -0.4 is 5.73 Å². The minimum absolute atomic E-state index is 0.439. The number of carbonyl (C=O) groups is 1. The fraction of sp³-hybridized carbons (Fsp3) is 0.455. The lowest BCUT2D eigenvalue weighted by Crippen LogP contribution is -2.12. The number of aromatic nitrogens is 1. The second-order valence-corrected chi connectivity index (χ2v) is 4.21. The lowest BCUT2D eigenvalue weighted by Gasteiger charge is -2.03. The van der Waals surface area contributed by atoms with E-state index in [1.54, 1.807) is 6.07 Å². The molecule has 0 aliphatic heterocycles. The zero-order valence-electron chi connectivity index (χ0n) is 8.79. The van der Waals surface area contributed by atoms with Crippen LogP contribution in [0, 0.1) is 0 Å². The third kappa shape index (κ3) is 3.63. The van der Waals surface area contributed by atoms with Gasteiger partial charge in [-0.2, -0.15) is 0 Å². The van der Waals surface area contributed by atoms with Crippen LogP contribution in [0.25, 0.3) is 0 Å². The molecule has 0 radical (unpaired) electrons. The minimum Gasteiger partial charge on any atom is -0.366 e. The van der Waals surface area contributed by atoms with Crippen molar-refractivity contribution in [2.45, 2.75) is 32.6 Å². The number of primary amides is 1. The van der Waals surface area contributed by atoms with Crippen molar-refractivity contribution < 1.29 is 4.79 Å². The van der Waals surface area contributed by atoms with Gasteiger partial charge in [-0.3, -0.25) is 4.79 Å². The van der Waals surface area contributed by atoms with Crippen molar-refractivity contribution >= 4 is 21.8 Å². The van der Waals surface area contributed by atoms with Gasteiger partial charge in [0.15, 0.2) is 0 Å². The zero-order valence-corrected chi connectivity index (χ0v) is 10.4. The number of carbonyl (C=O) groups excluding carboxylic acids is 1. The van der Waals surface area contributed by atoms with Crippen LogP contribution >= 0.6 is 15.9 Å². The molecule has 1 aromatic rings. The number of aryl methyl sites for hydroxylation is 1. The summed E-state index contributed by atoms with van der Waals surface area (Å²) in [6.07, 6.45) is 4.48. The lowest BCUT2D eigenvalue weighted by atomic mass is 10.1. The van der Waals surface area contributed by atoms with Crippen molar-refractivity contribution in [1.29, 1.82) is 0 Å². The van der Waals surface area contributed by atoms with Crippen LogP contribution in [-0.4, -0.2) is 10.9 Å². The number of nitrogens with zero attached hydrogens (tertiary/aromatic N) is 1. The number of rotatable bonds is 5. The molecule has 82 valence electrons. The smallest absolute Gasteiger partial charge is 0.251 e. The van der Waals surface area contributed by atoms with Crippen LogP contribution in [0.15, 0.2) is 16.7 Å². The Balaban J connectivity index is 2.69. The van der Waals surface area contributed by atoms with E-state index < -0.39 is 5.91 Å². The SMILES string of the molecule is CCCCCc1ccc(C(N)=O)c(Br)n1. The van der Waals surface area contributed by atoms with Gasteiger partial charge in [0.25, 0.3) is 5.91 Å². The topological polar surface area (TPSA) is 56.0 Å². The van der Waals surface area contributed by atoms with Gasteiger partial charge in [-0.15, -0.1) is 0 Å². The highest BCUT2D eigenvalue weighted by Gasteiger charge is 2.07. The van der Waals surface area contributed by atoms with E-state index in [2.05, 4.69) is 27.8 Å². The molecule has 3 nitrogen and oxygen atoms in total. The molecule has 0 fully saturated rings. The Morgan fingerprint density at radius 1 is 1.47 bits per heavy atom. The predicted molar refractivity (Wildman–Crippen MR) is 63.7 cm³/mol. The minimum atomic E-state index is -0.450. The quantitative estimate of drug-likeness (QED) is 0.661. The molecule has 0 spiro atoms. The highest BCUT2D eigenvalue weighted by molar-refractivity contribution is 9.10. The maximum absolute atomic E-state index is 10.9. The molecular formula is C11H15BrN2O. The van der Waals surface area contributed by atoms with Gasteiger partial charge in [-0.05, 0) is 40.9 Å². The highest BCUT2D eigenvalue weighted by atomic mass is 79.9. The van der Waals surface area contributed by atoms with Crippen molar-refractivity contribution in [2.24, 2.45) is 5.73 Å². The molecule has 1 rings (SSSR count). The molecule has 1 aromatic heterocycles. The van der Waals surface area contributed by atoms with Crippen LogP contribution in [0.5, 0.6) is 0 Å². The number of hydrogen-bond donors (Lipinski definition) is 1. The maximum atomic E-state index is 10.9. The number of unbranched alkanes of at least 4 members (excludes halogenated alkanes) is 2. The largest absolute Gasteiger partial charge is 0.366 e. The van der Waals surface area contributed by atoms with E-state index in [-0.39, 0.29) is 0 Å².